The third kappa shape index (κ3) is 3.20. The Morgan fingerprint density at radius 1 is 1.08 bits per heavy atom. The molecule has 2 aromatic carbocycles. The van der Waals surface area contributed by atoms with Gasteiger partial charge in [-0.05, 0) is 35.6 Å². The van der Waals surface area contributed by atoms with Crippen molar-refractivity contribution in [3.63, 3.8) is 0 Å². The quantitative estimate of drug-likeness (QED) is 0.732. The number of rotatable bonds is 4. The fraction of sp³-hybridized carbons (Fsp3) is 0.238. The molecule has 1 aromatic heterocycles. The lowest BCUT2D eigenvalue weighted by atomic mass is 10.0. The van der Waals surface area contributed by atoms with E-state index in [-0.39, 0.29) is 11.5 Å². The van der Waals surface area contributed by atoms with Crippen LogP contribution in [0.1, 0.15) is 25.1 Å². The smallest absolute Gasteiger partial charge is 0.263 e. The number of nitrogens with zero attached hydrogens (tertiary/aromatic N) is 2. The third-order valence-electron chi connectivity index (χ3n) is 4.53. The molecule has 0 aliphatic rings. The number of hydrogen-bond donors (Lipinski definition) is 0. The standard InChI is InChI=1S/C21H22N2O2/c1-4-18-13-16-9-8-10-17(14-22(3)15(2)24)20(16)21(25)23(18)19-11-6-5-7-12-19/h5-13H,4,14H2,1-3H3. The van der Waals surface area contributed by atoms with Gasteiger partial charge in [0.1, 0.15) is 0 Å². The van der Waals surface area contributed by atoms with E-state index < -0.39 is 0 Å². The Balaban J connectivity index is 2.29. The highest BCUT2D eigenvalue weighted by Crippen LogP contribution is 2.20. The first-order valence-corrected chi connectivity index (χ1v) is 8.46. The van der Waals surface area contributed by atoms with Gasteiger partial charge in [-0.1, -0.05) is 43.3 Å². The molecule has 0 unspecified atom stereocenters. The normalized spacial score (nSPS) is 10.8. The number of aryl methyl sites for hydroxylation is 1. The average molecular weight is 334 g/mol. The van der Waals surface area contributed by atoms with Crippen LogP contribution in [-0.4, -0.2) is 22.4 Å². The highest BCUT2D eigenvalue weighted by molar-refractivity contribution is 5.86. The second-order valence-electron chi connectivity index (χ2n) is 6.22. The molecule has 0 atom stereocenters. The van der Waals surface area contributed by atoms with Crippen LogP contribution in [0.3, 0.4) is 0 Å². The summed E-state index contributed by atoms with van der Waals surface area (Å²) in [7, 11) is 1.75. The van der Waals surface area contributed by atoms with Crippen LogP contribution in [-0.2, 0) is 17.8 Å². The molecule has 0 N–H and O–H groups in total. The van der Waals surface area contributed by atoms with Gasteiger partial charge in [-0.2, -0.15) is 0 Å². The van der Waals surface area contributed by atoms with Crippen LogP contribution < -0.4 is 5.56 Å². The van der Waals surface area contributed by atoms with Crippen molar-refractivity contribution in [2.24, 2.45) is 0 Å². The van der Waals surface area contributed by atoms with Crippen molar-refractivity contribution in [1.82, 2.24) is 9.47 Å². The van der Waals surface area contributed by atoms with E-state index >= 15 is 0 Å². The van der Waals surface area contributed by atoms with Crippen LogP contribution in [0.15, 0.2) is 59.4 Å². The van der Waals surface area contributed by atoms with Crippen LogP contribution in [0.2, 0.25) is 0 Å². The molecule has 3 rings (SSSR count). The zero-order valence-electron chi connectivity index (χ0n) is 14.8. The number of aromatic nitrogens is 1. The minimum absolute atomic E-state index is 0.0226. The summed E-state index contributed by atoms with van der Waals surface area (Å²) in [4.78, 5) is 26.6. The lowest BCUT2D eigenvalue weighted by Gasteiger charge is -2.18. The highest BCUT2D eigenvalue weighted by atomic mass is 16.2. The van der Waals surface area contributed by atoms with Crippen molar-refractivity contribution in [1.29, 1.82) is 0 Å². The summed E-state index contributed by atoms with van der Waals surface area (Å²) in [6, 6.07) is 17.6. The van der Waals surface area contributed by atoms with Crippen molar-refractivity contribution in [3.8, 4) is 5.69 Å². The lowest BCUT2D eigenvalue weighted by Crippen LogP contribution is -2.26. The molecule has 0 fully saturated rings. The molecule has 0 aliphatic carbocycles. The molecular formula is C21H22N2O2. The Hall–Kier alpha value is -2.88. The second-order valence-corrected chi connectivity index (χ2v) is 6.22. The molecule has 128 valence electrons. The number of para-hydroxylation sites is 1. The Bertz CT molecular complexity index is 974. The lowest BCUT2D eigenvalue weighted by molar-refractivity contribution is -0.128. The van der Waals surface area contributed by atoms with Gasteiger partial charge in [0.25, 0.3) is 5.56 Å². The van der Waals surface area contributed by atoms with Gasteiger partial charge in [0.2, 0.25) is 5.91 Å². The molecular weight excluding hydrogens is 312 g/mol. The predicted molar refractivity (Wildman–Crippen MR) is 101 cm³/mol. The first-order chi connectivity index (χ1) is 12.0. The van der Waals surface area contributed by atoms with Crippen molar-refractivity contribution < 1.29 is 4.79 Å². The summed E-state index contributed by atoms with van der Waals surface area (Å²) < 4.78 is 1.78. The number of pyridine rings is 1. The Kier molecular flexibility index (Phi) is 4.70. The topological polar surface area (TPSA) is 42.3 Å². The maximum Gasteiger partial charge on any atom is 0.263 e. The fourth-order valence-corrected chi connectivity index (χ4v) is 3.11. The monoisotopic (exact) mass is 334 g/mol. The van der Waals surface area contributed by atoms with Gasteiger partial charge in [0.05, 0.1) is 5.39 Å². The van der Waals surface area contributed by atoms with E-state index in [4.69, 9.17) is 0 Å². The van der Waals surface area contributed by atoms with Crippen molar-refractivity contribution in [2.45, 2.75) is 26.8 Å². The summed E-state index contributed by atoms with van der Waals surface area (Å²) in [6.07, 6.45) is 0.762. The van der Waals surface area contributed by atoms with Gasteiger partial charge in [-0.3, -0.25) is 14.2 Å². The average Bonchev–Trinajstić information content (AvgIpc) is 2.62. The molecule has 25 heavy (non-hydrogen) atoms. The molecule has 0 bridgehead atoms. The van der Waals surface area contributed by atoms with E-state index in [2.05, 4.69) is 6.07 Å². The summed E-state index contributed by atoms with van der Waals surface area (Å²) >= 11 is 0. The van der Waals surface area contributed by atoms with E-state index in [1.54, 1.807) is 16.5 Å². The van der Waals surface area contributed by atoms with E-state index in [0.29, 0.717) is 11.9 Å². The maximum atomic E-state index is 13.3. The molecule has 0 saturated heterocycles. The summed E-state index contributed by atoms with van der Waals surface area (Å²) in [5.41, 5.74) is 2.67. The SMILES string of the molecule is CCc1cc2cccc(CN(C)C(C)=O)c2c(=O)n1-c1ccccc1. The molecule has 3 aromatic rings. The van der Waals surface area contributed by atoms with Gasteiger partial charge in [0.15, 0.2) is 0 Å². The van der Waals surface area contributed by atoms with Crippen molar-refractivity contribution in [2.75, 3.05) is 7.05 Å². The highest BCUT2D eigenvalue weighted by Gasteiger charge is 2.14. The van der Waals surface area contributed by atoms with Gasteiger partial charge in [-0.25, -0.2) is 0 Å². The minimum atomic E-state index is -0.0342. The van der Waals surface area contributed by atoms with E-state index in [1.807, 2.05) is 55.5 Å². The van der Waals surface area contributed by atoms with E-state index in [9.17, 15) is 9.59 Å². The first kappa shape index (κ1) is 17.0. The number of hydrogen-bond acceptors (Lipinski definition) is 2. The summed E-state index contributed by atoms with van der Waals surface area (Å²) in [5.74, 6) is -0.0226. The first-order valence-electron chi connectivity index (χ1n) is 8.46. The van der Waals surface area contributed by atoms with E-state index in [1.165, 1.54) is 6.92 Å². The zero-order valence-corrected chi connectivity index (χ0v) is 14.8. The number of fused-ring (bicyclic) bond motifs is 1. The Morgan fingerprint density at radius 3 is 2.44 bits per heavy atom. The molecule has 1 amide bonds. The minimum Gasteiger partial charge on any atom is -0.342 e. The summed E-state index contributed by atoms with van der Waals surface area (Å²) in [5, 5.41) is 1.60. The maximum absolute atomic E-state index is 13.3. The molecule has 0 radical (unpaired) electrons. The van der Waals surface area contributed by atoms with Crippen LogP contribution in [0.4, 0.5) is 0 Å². The molecule has 4 nitrogen and oxygen atoms in total. The number of carbonyl (C=O) groups excluding carboxylic acids is 1. The van der Waals surface area contributed by atoms with Gasteiger partial charge < -0.3 is 4.90 Å². The van der Waals surface area contributed by atoms with Crippen molar-refractivity contribution >= 4 is 16.7 Å². The third-order valence-corrected chi connectivity index (χ3v) is 4.53. The van der Waals surface area contributed by atoms with Crippen molar-refractivity contribution in [3.05, 3.63) is 76.2 Å². The number of carbonyl (C=O) groups is 1. The van der Waals surface area contributed by atoms with E-state index in [0.717, 1.165) is 28.8 Å². The van der Waals surface area contributed by atoms with Crippen LogP contribution in [0.5, 0.6) is 0 Å². The number of benzene rings is 2. The van der Waals surface area contributed by atoms with Gasteiger partial charge in [-0.15, -0.1) is 0 Å². The van der Waals surface area contributed by atoms with Gasteiger partial charge >= 0.3 is 0 Å². The van der Waals surface area contributed by atoms with Crippen LogP contribution in [0, 0.1) is 0 Å². The molecule has 0 saturated carbocycles. The Labute approximate surface area is 147 Å². The molecule has 1 heterocycles. The van der Waals surface area contributed by atoms with Gasteiger partial charge in [0, 0.05) is 31.9 Å². The second kappa shape index (κ2) is 6.93. The van der Waals surface area contributed by atoms with Crippen LogP contribution in [0.25, 0.3) is 16.5 Å². The fourth-order valence-electron chi connectivity index (χ4n) is 3.11. The molecule has 4 heteroatoms. The Morgan fingerprint density at radius 2 is 1.80 bits per heavy atom. The molecule has 0 spiro atoms. The molecule has 0 aliphatic heterocycles. The summed E-state index contributed by atoms with van der Waals surface area (Å²) in [6.45, 7) is 4.00. The zero-order chi connectivity index (χ0) is 18.0. The predicted octanol–water partition coefficient (Wildman–Crippen LogP) is 3.53. The van der Waals surface area contributed by atoms with Crippen LogP contribution >= 0.6 is 0 Å². The number of amides is 1. The largest absolute Gasteiger partial charge is 0.342 e.